The van der Waals surface area contributed by atoms with Gasteiger partial charge in [0.2, 0.25) is 5.82 Å². The Hall–Kier alpha value is -3.22. The highest BCUT2D eigenvalue weighted by molar-refractivity contribution is 5.92. The monoisotopic (exact) mass is 309 g/mol. The molecule has 23 heavy (non-hydrogen) atoms. The van der Waals surface area contributed by atoms with Crippen molar-refractivity contribution in [3.05, 3.63) is 54.1 Å². The number of aromatic nitrogens is 4. The molecule has 3 aromatic rings. The first-order valence-electron chi connectivity index (χ1n) is 7.04. The number of hydrogen-bond donors (Lipinski definition) is 2. The van der Waals surface area contributed by atoms with Gasteiger partial charge in [-0.1, -0.05) is 29.8 Å². The van der Waals surface area contributed by atoms with Gasteiger partial charge in [-0.3, -0.25) is 4.79 Å². The fourth-order valence-corrected chi connectivity index (χ4v) is 2.00. The highest BCUT2D eigenvalue weighted by atomic mass is 16.5. The molecule has 1 heterocycles. The molecule has 7 nitrogen and oxygen atoms in total. The van der Waals surface area contributed by atoms with E-state index >= 15 is 0 Å². The topological polar surface area (TPSA) is 92.8 Å². The van der Waals surface area contributed by atoms with Crippen molar-refractivity contribution in [1.82, 2.24) is 20.6 Å². The lowest BCUT2D eigenvalue weighted by atomic mass is 10.2. The lowest BCUT2D eigenvalue weighted by Gasteiger charge is -2.08. The van der Waals surface area contributed by atoms with E-state index in [4.69, 9.17) is 4.74 Å². The SMILES string of the molecule is Cc1ccc(OCC(=O)Nc2cccc(-c3nn[nH]n3)c2)cc1. The predicted molar refractivity (Wildman–Crippen MR) is 84.9 cm³/mol. The Morgan fingerprint density at radius 1 is 1.22 bits per heavy atom. The lowest BCUT2D eigenvalue weighted by Crippen LogP contribution is -2.20. The van der Waals surface area contributed by atoms with Crippen LogP contribution in [-0.4, -0.2) is 33.1 Å². The van der Waals surface area contributed by atoms with Crippen molar-refractivity contribution in [2.45, 2.75) is 6.92 Å². The molecule has 0 spiro atoms. The van der Waals surface area contributed by atoms with Crippen molar-refractivity contribution in [1.29, 1.82) is 0 Å². The molecular formula is C16H15N5O2. The molecule has 0 aliphatic rings. The minimum atomic E-state index is -0.240. The molecule has 1 amide bonds. The highest BCUT2D eigenvalue weighted by Crippen LogP contribution is 2.18. The van der Waals surface area contributed by atoms with Crippen LogP contribution in [0.25, 0.3) is 11.4 Å². The zero-order chi connectivity index (χ0) is 16.1. The summed E-state index contributed by atoms with van der Waals surface area (Å²) in [7, 11) is 0. The number of H-pyrrole nitrogens is 1. The van der Waals surface area contributed by atoms with E-state index in [1.807, 2.05) is 43.3 Å². The molecule has 0 aliphatic carbocycles. The zero-order valence-electron chi connectivity index (χ0n) is 12.5. The van der Waals surface area contributed by atoms with Crippen LogP contribution in [0.1, 0.15) is 5.56 Å². The number of rotatable bonds is 5. The number of amides is 1. The van der Waals surface area contributed by atoms with Crippen LogP contribution in [0.15, 0.2) is 48.5 Å². The van der Waals surface area contributed by atoms with Crippen molar-refractivity contribution in [3.63, 3.8) is 0 Å². The highest BCUT2D eigenvalue weighted by Gasteiger charge is 2.07. The maximum Gasteiger partial charge on any atom is 0.262 e. The second-order valence-electron chi connectivity index (χ2n) is 4.97. The minimum Gasteiger partial charge on any atom is -0.484 e. The number of nitrogens with zero attached hydrogens (tertiary/aromatic N) is 3. The normalized spacial score (nSPS) is 10.3. The summed E-state index contributed by atoms with van der Waals surface area (Å²) >= 11 is 0. The second kappa shape index (κ2) is 6.69. The molecule has 0 saturated heterocycles. The van der Waals surface area contributed by atoms with Crippen LogP contribution < -0.4 is 10.1 Å². The van der Waals surface area contributed by atoms with Crippen molar-refractivity contribution < 1.29 is 9.53 Å². The molecule has 0 fully saturated rings. The summed E-state index contributed by atoms with van der Waals surface area (Å²) in [5.41, 5.74) is 2.54. The number of ether oxygens (including phenoxy) is 1. The number of tetrazole rings is 1. The Balaban J connectivity index is 1.59. The van der Waals surface area contributed by atoms with Gasteiger partial charge in [0.1, 0.15) is 5.75 Å². The minimum absolute atomic E-state index is 0.0600. The van der Waals surface area contributed by atoms with Crippen LogP contribution >= 0.6 is 0 Å². The van der Waals surface area contributed by atoms with Gasteiger partial charge in [0.25, 0.3) is 5.91 Å². The number of hydrogen-bond acceptors (Lipinski definition) is 5. The largest absolute Gasteiger partial charge is 0.484 e. The van der Waals surface area contributed by atoms with Crippen molar-refractivity contribution in [3.8, 4) is 17.1 Å². The summed E-state index contributed by atoms with van der Waals surface area (Å²) in [5, 5.41) is 16.5. The molecule has 2 aromatic carbocycles. The van der Waals surface area contributed by atoms with Gasteiger partial charge < -0.3 is 10.1 Å². The standard InChI is InChI=1S/C16H15N5O2/c1-11-5-7-14(8-6-11)23-10-15(22)17-13-4-2-3-12(9-13)16-18-20-21-19-16/h2-9H,10H2,1H3,(H,17,22)(H,18,19,20,21). The molecule has 0 radical (unpaired) electrons. The van der Waals surface area contributed by atoms with Crippen LogP contribution in [0.2, 0.25) is 0 Å². The first kappa shape index (κ1) is 14.7. The van der Waals surface area contributed by atoms with Crippen molar-refractivity contribution >= 4 is 11.6 Å². The van der Waals surface area contributed by atoms with Gasteiger partial charge in [0, 0.05) is 11.3 Å². The number of benzene rings is 2. The van der Waals surface area contributed by atoms with Crippen LogP contribution in [0.4, 0.5) is 5.69 Å². The number of aryl methyl sites for hydroxylation is 1. The maximum atomic E-state index is 12.0. The molecule has 0 atom stereocenters. The van der Waals surface area contributed by atoms with Gasteiger partial charge in [-0.15, -0.1) is 10.2 Å². The Morgan fingerprint density at radius 2 is 2.04 bits per heavy atom. The summed E-state index contributed by atoms with van der Waals surface area (Å²) in [6.07, 6.45) is 0. The van der Waals surface area contributed by atoms with E-state index in [1.165, 1.54) is 0 Å². The van der Waals surface area contributed by atoms with Crippen molar-refractivity contribution in [2.24, 2.45) is 0 Å². The molecular weight excluding hydrogens is 294 g/mol. The number of anilines is 1. The molecule has 1 aromatic heterocycles. The van der Waals surface area contributed by atoms with Crippen molar-refractivity contribution in [2.75, 3.05) is 11.9 Å². The number of aromatic amines is 1. The third-order valence-electron chi connectivity index (χ3n) is 3.14. The van der Waals surface area contributed by atoms with Gasteiger partial charge in [0.15, 0.2) is 6.61 Å². The molecule has 0 saturated carbocycles. The lowest BCUT2D eigenvalue weighted by molar-refractivity contribution is -0.118. The third-order valence-corrected chi connectivity index (χ3v) is 3.14. The zero-order valence-corrected chi connectivity index (χ0v) is 12.5. The van der Waals surface area contributed by atoms with Gasteiger partial charge in [0.05, 0.1) is 0 Å². The van der Waals surface area contributed by atoms with E-state index in [1.54, 1.807) is 12.1 Å². The average molecular weight is 309 g/mol. The Morgan fingerprint density at radius 3 is 2.78 bits per heavy atom. The number of nitrogens with one attached hydrogen (secondary N) is 2. The van der Waals surface area contributed by atoms with Gasteiger partial charge >= 0.3 is 0 Å². The smallest absolute Gasteiger partial charge is 0.262 e. The van der Waals surface area contributed by atoms with Gasteiger partial charge in [-0.25, -0.2) is 0 Å². The molecule has 0 aliphatic heterocycles. The summed E-state index contributed by atoms with van der Waals surface area (Å²) < 4.78 is 5.45. The predicted octanol–water partition coefficient (Wildman–Crippen LogP) is 2.19. The second-order valence-corrected chi connectivity index (χ2v) is 4.97. The summed E-state index contributed by atoms with van der Waals surface area (Å²) in [6.45, 7) is 1.93. The Kier molecular flexibility index (Phi) is 4.28. The molecule has 7 heteroatoms. The van der Waals surface area contributed by atoms with E-state index < -0.39 is 0 Å². The molecule has 0 unspecified atom stereocenters. The molecule has 3 rings (SSSR count). The number of carbonyl (C=O) groups excluding carboxylic acids is 1. The first-order valence-corrected chi connectivity index (χ1v) is 7.04. The Labute approximate surface area is 132 Å². The summed E-state index contributed by atoms with van der Waals surface area (Å²) in [4.78, 5) is 12.0. The van der Waals surface area contributed by atoms with Crippen LogP contribution in [0.3, 0.4) is 0 Å². The fraction of sp³-hybridized carbons (Fsp3) is 0.125. The maximum absolute atomic E-state index is 12.0. The quantitative estimate of drug-likeness (QED) is 0.753. The fourth-order valence-electron chi connectivity index (χ4n) is 2.00. The molecule has 116 valence electrons. The van der Waals surface area contributed by atoms with Gasteiger partial charge in [-0.05, 0) is 36.4 Å². The van der Waals surface area contributed by atoms with Gasteiger partial charge in [-0.2, -0.15) is 5.21 Å². The first-order chi connectivity index (χ1) is 11.2. The van der Waals surface area contributed by atoms with Crippen LogP contribution in [0.5, 0.6) is 5.75 Å². The number of carbonyl (C=O) groups is 1. The molecule has 0 bridgehead atoms. The Bertz CT molecular complexity index is 784. The van der Waals surface area contributed by atoms with E-state index in [-0.39, 0.29) is 12.5 Å². The molecule has 2 N–H and O–H groups in total. The summed E-state index contributed by atoms with van der Waals surface area (Å²) in [5.74, 6) is 0.888. The summed E-state index contributed by atoms with van der Waals surface area (Å²) in [6, 6.07) is 14.7. The third kappa shape index (κ3) is 3.91. The van der Waals surface area contributed by atoms with E-state index in [9.17, 15) is 4.79 Å². The van der Waals surface area contributed by atoms with E-state index in [2.05, 4.69) is 25.9 Å². The van der Waals surface area contributed by atoms with E-state index in [0.717, 1.165) is 11.1 Å². The van der Waals surface area contributed by atoms with Crippen LogP contribution in [0, 0.1) is 6.92 Å². The van der Waals surface area contributed by atoms with Crippen LogP contribution in [-0.2, 0) is 4.79 Å². The van der Waals surface area contributed by atoms with E-state index in [0.29, 0.717) is 17.3 Å². The average Bonchev–Trinajstić information content (AvgIpc) is 3.09.